The second kappa shape index (κ2) is 6.17. The zero-order valence-corrected chi connectivity index (χ0v) is 13.3. The number of carbonyl (C=O) groups is 1. The maximum absolute atomic E-state index is 11.6. The molecular weight excluding hydrogens is 316 g/mol. The van der Waals surface area contributed by atoms with Gasteiger partial charge in [-0.3, -0.25) is 9.59 Å². The first-order valence-electron chi connectivity index (χ1n) is 6.96. The molecule has 0 bridgehead atoms. The van der Waals surface area contributed by atoms with Gasteiger partial charge in [-0.25, -0.2) is 4.98 Å². The van der Waals surface area contributed by atoms with E-state index in [4.69, 9.17) is 4.74 Å². The molecule has 0 saturated carbocycles. The van der Waals surface area contributed by atoms with Gasteiger partial charge in [-0.15, -0.1) is 5.10 Å². The van der Waals surface area contributed by atoms with Gasteiger partial charge in [-0.2, -0.15) is 4.52 Å². The van der Waals surface area contributed by atoms with E-state index >= 15 is 0 Å². The van der Waals surface area contributed by atoms with Crippen LogP contribution in [0.25, 0.3) is 4.96 Å². The summed E-state index contributed by atoms with van der Waals surface area (Å²) in [6, 6.07) is 8.26. The van der Waals surface area contributed by atoms with Crippen LogP contribution in [0.3, 0.4) is 0 Å². The van der Waals surface area contributed by atoms with Crippen molar-refractivity contribution in [2.24, 2.45) is 5.92 Å². The Bertz CT molecular complexity index is 899. The fraction of sp³-hybridized carbons (Fsp3) is 0.200. The first-order chi connectivity index (χ1) is 11.0. The van der Waals surface area contributed by atoms with Crippen molar-refractivity contribution in [2.75, 3.05) is 5.32 Å². The van der Waals surface area contributed by atoms with E-state index in [0.29, 0.717) is 21.6 Å². The number of fused-ring (bicyclic) bond motifs is 1. The fourth-order valence-corrected chi connectivity index (χ4v) is 2.51. The first kappa shape index (κ1) is 15.2. The molecule has 3 aromatic rings. The summed E-state index contributed by atoms with van der Waals surface area (Å²) in [6.07, 6.45) is 1.44. The summed E-state index contributed by atoms with van der Waals surface area (Å²) >= 11 is 1.17. The number of rotatable bonds is 4. The summed E-state index contributed by atoms with van der Waals surface area (Å²) in [6.45, 7) is 3.66. The highest BCUT2D eigenvalue weighted by atomic mass is 32.1. The number of nitrogens with zero attached hydrogens (tertiary/aromatic N) is 3. The van der Waals surface area contributed by atoms with Crippen LogP contribution in [0.5, 0.6) is 10.9 Å². The number of amides is 1. The predicted octanol–water partition coefficient (Wildman–Crippen LogP) is 2.54. The highest BCUT2D eigenvalue weighted by Crippen LogP contribution is 2.26. The van der Waals surface area contributed by atoms with Gasteiger partial charge in [0.2, 0.25) is 10.9 Å². The minimum atomic E-state index is -0.257. The molecule has 23 heavy (non-hydrogen) atoms. The second-order valence-electron chi connectivity index (χ2n) is 5.12. The molecule has 8 heteroatoms. The van der Waals surface area contributed by atoms with Gasteiger partial charge < -0.3 is 10.1 Å². The summed E-state index contributed by atoms with van der Waals surface area (Å²) in [4.78, 5) is 27.8. The number of hydrogen-bond donors (Lipinski definition) is 1. The van der Waals surface area contributed by atoms with E-state index in [-0.39, 0.29) is 17.4 Å². The van der Waals surface area contributed by atoms with E-state index in [9.17, 15) is 9.59 Å². The van der Waals surface area contributed by atoms with Crippen molar-refractivity contribution in [2.45, 2.75) is 13.8 Å². The van der Waals surface area contributed by atoms with Crippen LogP contribution < -0.4 is 15.6 Å². The van der Waals surface area contributed by atoms with E-state index in [1.165, 1.54) is 28.1 Å². The SMILES string of the molecule is CC(C)C(=O)Nc1ccc(Oc2nn3c(=O)ccnc3s2)cc1. The molecule has 0 fully saturated rings. The Morgan fingerprint density at radius 1 is 1.26 bits per heavy atom. The molecule has 0 atom stereocenters. The molecule has 3 rings (SSSR count). The molecule has 1 aromatic carbocycles. The van der Waals surface area contributed by atoms with E-state index < -0.39 is 0 Å². The van der Waals surface area contributed by atoms with Crippen molar-refractivity contribution in [3.05, 3.63) is 46.9 Å². The molecule has 0 aliphatic heterocycles. The Morgan fingerprint density at radius 3 is 2.65 bits per heavy atom. The smallest absolute Gasteiger partial charge is 0.299 e. The Balaban J connectivity index is 1.76. The standard InChI is InChI=1S/C15H14N4O3S/c1-9(2)13(21)17-10-3-5-11(6-4-10)22-15-18-19-12(20)7-8-16-14(19)23-15/h3-9H,1-2H3,(H,17,21). The van der Waals surface area contributed by atoms with Crippen LogP contribution in [0.2, 0.25) is 0 Å². The lowest BCUT2D eigenvalue weighted by Gasteiger charge is -2.08. The number of anilines is 1. The van der Waals surface area contributed by atoms with Crippen molar-refractivity contribution < 1.29 is 9.53 Å². The van der Waals surface area contributed by atoms with Crippen molar-refractivity contribution in [1.29, 1.82) is 0 Å². The normalized spacial score (nSPS) is 10.9. The minimum Gasteiger partial charge on any atom is -0.430 e. The predicted molar refractivity (Wildman–Crippen MR) is 87.1 cm³/mol. The molecule has 2 aromatic heterocycles. The molecule has 7 nitrogen and oxygen atoms in total. The average molecular weight is 330 g/mol. The van der Waals surface area contributed by atoms with Gasteiger partial charge in [0.25, 0.3) is 10.8 Å². The van der Waals surface area contributed by atoms with Crippen LogP contribution in [0.15, 0.2) is 41.3 Å². The fourth-order valence-electron chi connectivity index (χ4n) is 1.76. The number of hydrogen-bond acceptors (Lipinski definition) is 6. The monoisotopic (exact) mass is 330 g/mol. The van der Waals surface area contributed by atoms with Crippen LogP contribution in [-0.4, -0.2) is 20.5 Å². The van der Waals surface area contributed by atoms with Crippen molar-refractivity contribution in [1.82, 2.24) is 14.6 Å². The van der Waals surface area contributed by atoms with Gasteiger partial charge in [-0.05, 0) is 35.6 Å². The number of benzene rings is 1. The molecule has 118 valence electrons. The van der Waals surface area contributed by atoms with Crippen molar-refractivity contribution >= 4 is 27.9 Å². The third kappa shape index (κ3) is 3.37. The lowest BCUT2D eigenvalue weighted by molar-refractivity contribution is -0.118. The van der Waals surface area contributed by atoms with Crippen LogP contribution in [0, 0.1) is 5.92 Å². The Hall–Kier alpha value is -2.74. The second-order valence-corrected chi connectivity index (χ2v) is 6.03. The van der Waals surface area contributed by atoms with Crippen molar-refractivity contribution in [3.63, 3.8) is 0 Å². The van der Waals surface area contributed by atoms with Crippen LogP contribution in [-0.2, 0) is 4.79 Å². The minimum absolute atomic E-state index is 0.0460. The number of nitrogens with one attached hydrogen (secondary N) is 1. The van der Waals surface area contributed by atoms with Crippen molar-refractivity contribution in [3.8, 4) is 10.9 Å². The van der Waals surface area contributed by atoms with Crippen LogP contribution >= 0.6 is 11.3 Å². The topological polar surface area (TPSA) is 85.6 Å². The summed E-state index contributed by atoms with van der Waals surface area (Å²) in [5.74, 6) is 0.425. The average Bonchev–Trinajstić information content (AvgIpc) is 2.93. The third-order valence-electron chi connectivity index (χ3n) is 3.00. The Kier molecular flexibility index (Phi) is 4.07. The zero-order valence-electron chi connectivity index (χ0n) is 12.5. The maximum Gasteiger partial charge on any atom is 0.299 e. The van der Waals surface area contributed by atoms with Gasteiger partial charge in [0, 0.05) is 23.9 Å². The molecule has 0 spiro atoms. The molecule has 0 aliphatic carbocycles. The molecule has 1 N–H and O–H groups in total. The van der Waals surface area contributed by atoms with E-state index in [1.807, 2.05) is 13.8 Å². The largest absolute Gasteiger partial charge is 0.430 e. The quantitative estimate of drug-likeness (QED) is 0.794. The highest BCUT2D eigenvalue weighted by Gasteiger charge is 2.09. The third-order valence-corrected chi connectivity index (χ3v) is 3.80. The molecule has 2 heterocycles. The summed E-state index contributed by atoms with van der Waals surface area (Å²) in [5.41, 5.74) is 0.436. The molecule has 0 aliphatic rings. The molecule has 0 saturated heterocycles. The number of ether oxygens (including phenoxy) is 1. The molecule has 0 unspecified atom stereocenters. The Labute approximate surface area is 135 Å². The molecular formula is C15H14N4O3S. The van der Waals surface area contributed by atoms with Gasteiger partial charge in [0.05, 0.1) is 0 Å². The lowest BCUT2D eigenvalue weighted by Crippen LogP contribution is -2.17. The summed E-state index contributed by atoms with van der Waals surface area (Å²) < 4.78 is 6.81. The first-order valence-corrected chi connectivity index (χ1v) is 7.78. The maximum atomic E-state index is 11.6. The van der Waals surface area contributed by atoms with Gasteiger partial charge in [0.1, 0.15) is 5.75 Å². The van der Waals surface area contributed by atoms with Gasteiger partial charge in [0.15, 0.2) is 0 Å². The Morgan fingerprint density at radius 2 is 2.00 bits per heavy atom. The highest BCUT2D eigenvalue weighted by molar-refractivity contribution is 7.18. The van der Waals surface area contributed by atoms with Crippen LogP contribution in [0.1, 0.15) is 13.8 Å². The summed E-state index contributed by atoms with van der Waals surface area (Å²) in [7, 11) is 0. The number of carbonyl (C=O) groups excluding carboxylic acids is 1. The summed E-state index contributed by atoms with van der Waals surface area (Å²) in [5, 5.41) is 7.19. The van der Waals surface area contributed by atoms with E-state index in [1.54, 1.807) is 24.3 Å². The number of aromatic nitrogens is 3. The lowest BCUT2D eigenvalue weighted by atomic mass is 10.2. The van der Waals surface area contributed by atoms with Gasteiger partial charge >= 0.3 is 0 Å². The molecule has 1 amide bonds. The molecule has 0 radical (unpaired) electrons. The van der Waals surface area contributed by atoms with E-state index in [0.717, 1.165) is 0 Å². The van der Waals surface area contributed by atoms with Gasteiger partial charge in [-0.1, -0.05) is 13.8 Å². The van der Waals surface area contributed by atoms with E-state index in [2.05, 4.69) is 15.4 Å². The zero-order chi connectivity index (χ0) is 16.4. The van der Waals surface area contributed by atoms with Crippen LogP contribution in [0.4, 0.5) is 5.69 Å².